The summed E-state index contributed by atoms with van der Waals surface area (Å²) < 4.78 is 0. The lowest BCUT2D eigenvalue weighted by Gasteiger charge is -2.20. The van der Waals surface area contributed by atoms with E-state index in [1.807, 2.05) is 0 Å². The Bertz CT molecular complexity index is 356. The number of carbonyl (C=O) groups is 3. The molecule has 1 aliphatic carbocycles. The summed E-state index contributed by atoms with van der Waals surface area (Å²) in [4.78, 5) is 35.0. The number of amides is 3. The largest absolute Gasteiger partial charge is 0.480 e. The minimum Gasteiger partial charge on any atom is -0.480 e. The highest BCUT2D eigenvalue weighted by molar-refractivity contribution is 5.86. The Morgan fingerprint density at radius 1 is 1.37 bits per heavy atom. The first-order valence-corrected chi connectivity index (χ1v) is 6.08. The van der Waals surface area contributed by atoms with Crippen LogP contribution >= 0.6 is 0 Å². The molecule has 0 bridgehead atoms. The first-order valence-electron chi connectivity index (χ1n) is 6.08. The Hall–Kier alpha value is -1.83. The molecular formula is C11H19N3O5. The van der Waals surface area contributed by atoms with Crippen molar-refractivity contribution >= 4 is 17.9 Å². The second-order valence-electron chi connectivity index (χ2n) is 4.55. The lowest BCUT2D eigenvalue weighted by atomic mass is 10.2. The molecule has 1 rings (SSSR count). The molecule has 8 nitrogen and oxygen atoms in total. The van der Waals surface area contributed by atoms with E-state index in [2.05, 4.69) is 10.6 Å². The summed E-state index contributed by atoms with van der Waals surface area (Å²) >= 11 is 0. The highest BCUT2D eigenvalue weighted by atomic mass is 16.4. The first-order chi connectivity index (χ1) is 8.93. The molecule has 0 heterocycles. The van der Waals surface area contributed by atoms with Gasteiger partial charge in [0.15, 0.2) is 0 Å². The van der Waals surface area contributed by atoms with Gasteiger partial charge in [0.2, 0.25) is 5.91 Å². The lowest BCUT2D eigenvalue weighted by molar-refractivity contribution is -0.139. The number of urea groups is 1. The Morgan fingerprint density at radius 3 is 2.47 bits per heavy atom. The topological polar surface area (TPSA) is 119 Å². The summed E-state index contributed by atoms with van der Waals surface area (Å²) in [5, 5.41) is 22.5. The molecule has 0 radical (unpaired) electrons. The van der Waals surface area contributed by atoms with Crippen LogP contribution in [0, 0.1) is 0 Å². The van der Waals surface area contributed by atoms with Gasteiger partial charge in [-0.25, -0.2) is 9.59 Å². The van der Waals surface area contributed by atoms with Crippen LogP contribution in [0.5, 0.6) is 0 Å². The summed E-state index contributed by atoms with van der Waals surface area (Å²) in [6.45, 7) is -0.475. The average molecular weight is 273 g/mol. The summed E-state index contributed by atoms with van der Waals surface area (Å²) in [7, 11) is 1.40. The molecule has 0 unspecified atom stereocenters. The minimum atomic E-state index is -1.22. The Balaban J connectivity index is 2.36. The van der Waals surface area contributed by atoms with E-state index in [0.29, 0.717) is 0 Å². The zero-order valence-electron chi connectivity index (χ0n) is 10.8. The monoisotopic (exact) mass is 273 g/mol. The van der Waals surface area contributed by atoms with Crippen LogP contribution in [0.3, 0.4) is 0 Å². The number of likely N-dealkylation sites (N-methyl/N-ethyl adjacent to an activating group) is 1. The second-order valence-corrected chi connectivity index (χ2v) is 4.55. The zero-order chi connectivity index (χ0) is 14.4. The first kappa shape index (κ1) is 15.2. The van der Waals surface area contributed by atoms with Crippen molar-refractivity contribution in [3.05, 3.63) is 0 Å². The predicted octanol–water partition coefficient (Wildman–Crippen LogP) is -1.26. The van der Waals surface area contributed by atoms with Crippen LogP contribution in [-0.4, -0.2) is 65.3 Å². The van der Waals surface area contributed by atoms with Crippen LogP contribution in [0.4, 0.5) is 4.79 Å². The van der Waals surface area contributed by atoms with E-state index < -0.39 is 18.0 Å². The van der Waals surface area contributed by atoms with Crippen LogP contribution in [0.15, 0.2) is 0 Å². The fourth-order valence-corrected chi connectivity index (χ4v) is 1.43. The van der Waals surface area contributed by atoms with Crippen molar-refractivity contribution in [2.75, 3.05) is 20.2 Å². The molecule has 1 atom stereocenters. The van der Waals surface area contributed by atoms with Gasteiger partial charge in [-0.1, -0.05) is 0 Å². The van der Waals surface area contributed by atoms with E-state index in [4.69, 9.17) is 10.2 Å². The number of aliphatic carboxylic acids is 1. The fraction of sp³-hybridized carbons (Fsp3) is 0.727. The van der Waals surface area contributed by atoms with Crippen LogP contribution in [0.2, 0.25) is 0 Å². The van der Waals surface area contributed by atoms with Gasteiger partial charge < -0.3 is 25.7 Å². The van der Waals surface area contributed by atoms with Gasteiger partial charge in [-0.15, -0.1) is 0 Å². The number of aliphatic hydroxyl groups excluding tert-OH is 1. The van der Waals surface area contributed by atoms with Crippen molar-refractivity contribution in [2.45, 2.75) is 31.3 Å². The second kappa shape index (κ2) is 6.93. The zero-order valence-corrected chi connectivity index (χ0v) is 10.8. The van der Waals surface area contributed by atoms with Gasteiger partial charge >= 0.3 is 12.0 Å². The van der Waals surface area contributed by atoms with Gasteiger partial charge in [0.25, 0.3) is 0 Å². The van der Waals surface area contributed by atoms with Gasteiger partial charge in [0.1, 0.15) is 12.6 Å². The summed E-state index contributed by atoms with van der Waals surface area (Å²) in [6, 6.07) is -1.61. The number of carboxylic acids is 1. The number of nitrogens with zero attached hydrogens (tertiary/aromatic N) is 1. The van der Waals surface area contributed by atoms with Crippen molar-refractivity contribution < 1.29 is 24.6 Å². The predicted molar refractivity (Wildman–Crippen MR) is 65.5 cm³/mol. The number of nitrogens with one attached hydrogen (secondary N) is 2. The third-order valence-corrected chi connectivity index (χ3v) is 2.68. The molecule has 108 valence electrons. The molecule has 0 aromatic carbocycles. The Morgan fingerprint density at radius 2 is 2.00 bits per heavy atom. The highest BCUT2D eigenvalue weighted by Crippen LogP contribution is 2.18. The van der Waals surface area contributed by atoms with E-state index in [-0.39, 0.29) is 31.5 Å². The molecule has 0 aromatic rings. The van der Waals surface area contributed by atoms with Gasteiger partial charge in [0, 0.05) is 26.1 Å². The summed E-state index contributed by atoms with van der Waals surface area (Å²) in [5.74, 6) is -1.49. The minimum absolute atomic E-state index is 0.0802. The molecule has 1 aliphatic rings. The molecule has 0 saturated heterocycles. The summed E-state index contributed by atoms with van der Waals surface area (Å²) in [6.07, 6.45) is 1.83. The average Bonchev–Trinajstić information content (AvgIpc) is 3.11. The molecule has 0 aliphatic heterocycles. The Labute approximate surface area is 110 Å². The maximum absolute atomic E-state index is 11.7. The van der Waals surface area contributed by atoms with Crippen molar-refractivity contribution in [1.29, 1.82) is 0 Å². The quantitative estimate of drug-likeness (QED) is 0.462. The maximum atomic E-state index is 11.7. The Kier molecular flexibility index (Phi) is 5.56. The smallest absolute Gasteiger partial charge is 0.326 e. The van der Waals surface area contributed by atoms with E-state index in [1.165, 1.54) is 7.05 Å². The highest BCUT2D eigenvalue weighted by Gasteiger charge is 2.25. The SMILES string of the molecule is CN(CC(=O)NC1CC1)C(=O)N[C@@H](CCO)C(=O)O. The van der Waals surface area contributed by atoms with Gasteiger partial charge in [-0.05, 0) is 12.8 Å². The molecule has 0 spiro atoms. The number of rotatable bonds is 7. The molecule has 0 aromatic heterocycles. The van der Waals surface area contributed by atoms with E-state index in [0.717, 1.165) is 17.7 Å². The number of hydrogen-bond donors (Lipinski definition) is 4. The molecular weight excluding hydrogens is 254 g/mol. The van der Waals surface area contributed by atoms with Crippen molar-refractivity contribution in [1.82, 2.24) is 15.5 Å². The van der Waals surface area contributed by atoms with Crippen LogP contribution in [0.1, 0.15) is 19.3 Å². The number of hydrogen-bond acceptors (Lipinski definition) is 4. The number of carboxylic acid groups (broad SMARTS) is 1. The molecule has 3 amide bonds. The van der Waals surface area contributed by atoms with Gasteiger partial charge in [-0.3, -0.25) is 4.79 Å². The van der Waals surface area contributed by atoms with E-state index in [9.17, 15) is 14.4 Å². The van der Waals surface area contributed by atoms with Crippen molar-refractivity contribution in [3.63, 3.8) is 0 Å². The lowest BCUT2D eigenvalue weighted by Crippen LogP contribution is -2.49. The molecule has 8 heteroatoms. The third-order valence-electron chi connectivity index (χ3n) is 2.68. The summed E-state index contributed by atoms with van der Waals surface area (Å²) in [5.41, 5.74) is 0. The number of aliphatic hydroxyl groups is 1. The third kappa shape index (κ3) is 5.56. The maximum Gasteiger partial charge on any atom is 0.326 e. The van der Waals surface area contributed by atoms with Crippen molar-refractivity contribution in [2.24, 2.45) is 0 Å². The fourth-order valence-electron chi connectivity index (χ4n) is 1.43. The number of carbonyl (C=O) groups excluding carboxylic acids is 2. The normalized spacial score (nSPS) is 15.5. The van der Waals surface area contributed by atoms with E-state index in [1.54, 1.807) is 0 Å². The van der Waals surface area contributed by atoms with Gasteiger partial charge in [-0.2, -0.15) is 0 Å². The van der Waals surface area contributed by atoms with Crippen LogP contribution < -0.4 is 10.6 Å². The van der Waals surface area contributed by atoms with E-state index >= 15 is 0 Å². The molecule has 4 N–H and O–H groups in total. The van der Waals surface area contributed by atoms with Crippen molar-refractivity contribution in [3.8, 4) is 0 Å². The molecule has 1 saturated carbocycles. The standard InChI is InChI=1S/C11H19N3O5/c1-14(6-9(16)12-7-2-3-7)11(19)13-8(4-5-15)10(17)18/h7-8,15H,2-6H2,1H3,(H,12,16)(H,13,19)(H,17,18)/t8-/m0/s1. The van der Waals surface area contributed by atoms with Crippen LogP contribution in [0.25, 0.3) is 0 Å². The molecule has 19 heavy (non-hydrogen) atoms. The van der Waals surface area contributed by atoms with Gasteiger partial charge in [0.05, 0.1) is 0 Å². The van der Waals surface area contributed by atoms with Crippen LogP contribution in [-0.2, 0) is 9.59 Å². The molecule has 1 fully saturated rings.